The van der Waals surface area contributed by atoms with E-state index in [0.717, 1.165) is 10.9 Å². The second-order valence-electron chi connectivity index (χ2n) is 4.79. The number of Topliss-reactive ketones (excluding diaryl/α,β-unsaturated/α-hetero) is 1. The van der Waals surface area contributed by atoms with E-state index in [-0.39, 0.29) is 17.3 Å². The number of benzene rings is 2. The van der Waals surface area contributed by atoms with Crippen LogP contribution in [0, 0.1) is 0 Å². The van der Waals surface area contributed by atoms with Gasteiger partial charge < -0.3 is 4.42 Å². The number of carbonyl (C=O) groups is 1. The fourth-order valence-electron chi connectivity index (χ4n) is 2.15. The minimum atomic E-state index is -1.23. The molecule has 1 heterocycles. The summed E-state index contributed by atoms with van der Waals surface area (Å²) in [6, 6.07) is 18.7. The second-order valence-corrected chi connectivity index (χ2v) is 6.24. The number of hydrogen-bond donors (Lipinski definition) is 0. The highest BCUT2D eigenvalue weighted by Gasteiger charge is 2.15. The molecule has 0 aliphatic rings. The van der Waals surface area contributed by atoms with Gasteiger partial charge in [-0.1, -0.05) is 48.5 Å². The summed E-state index contributed by atoms with van der Waals surface area (Å²) in [4.78, 5) is 12.1. The van der Waals surface area contributed by atoms with Crippen LogP contribution in [0.15, 0.2) is 65.1 Å². The zero-order chi connectivity index (χ0) is 14.7. The molecule has 0 amide bonds. The lowest BCUT2D eigenvalue weighted by atomic mass is 10.2. The largest absolute Gasteiger partial charge is 0.453 e. The summed E-state index contributed by atoms with van der Waals surface area (Å²) in [6.45, 7) is 0. The van der Waals surface area contributed by atoms with Crippen LogP contribution in [-0.4, -0.2) is 15.7 Å². The van der Waals surface area contributed by atoms with Gasteiger partial charge >= 0.3 is 0 Å². The number of hydrogen-bond acceptors (Lipinski definition) is 3. The van der Waals surface area contributed by atoms with Crippen LogP contribution in [0.3, 0.4) is 0 Å². The first-order chi connectivity index (χ1) is 10.2. The first-order valence-corrected chi connectivity index (χ1v) is 8.12. The number of para-hydroxylation sites is 1. The molecule has 1 atom stereocenters. The van der Waals surface area contributed by atoms with Gasteiger partial charge in [0.05, 0.1) is 5.75 Å². The van der Waals surface area contributed by atoms with Gasteiger partial charge in [-0.05, 0) is 17.7 Å². The third-order valence-electron chi connectivity index (χ3n) is 3.16. The molecule has 0 aliphatic carbocycles. The molecule has 3 rings (SSSR count). The third kappa shape index (κ3) is 3.28. The average Bonchev–Trinajstić information content (AvgIpc) is 2.92. The normalized spacial score (nSPS) is 12.4. The molecule has 0 N–H and O–H groups in total. The Labute approximate surface area is 125 Å². The summed E-state index contributed by atoms with van der Waals surface area (Å²) >= 11 is 0. The van der Waals surface area contributed by atoms with Gasteiger partial charge in [-0.2, -0.15) is 0 Å². The molecule has 1 unspecified atom stereocenters. The molecule has 3 nitrogen and oxygen atoms in total. The van der Waals surface area contributed by atoms with Gasteiger partial charge in [0.25, 0.3) is 0 Å². The highest BCUT2D eigenvalue weighted by molar-refractivity contribution is 7.85. The van der Waals surface area contributed by atoms with Gasteiger partial charge in [0, 0.05) is 21.9 Å². The van der Waals surface area contributed by atoms with E-state index < -0.39 is 10.8 Å². The second kappa shape index (κ2) is 6.06. The van der Waals surface area contributed by atoms with Crippen molar-refractivity contribution < 1.29 is 13.4 Å². The molecule has 106 valence electrons. The predicted molar refractivity (Wildman–Crippen MR) is 83.7 cm³/mol. The van der Waals surface area contributed by atoms with Crippen molar-refractivity contribution >= 4 is 27.6 Å². The maximum absolute atomic E-state index is 12.1. The Morgan fingerprint density at radius 1 is 1.00 bits per heavy atom. The molecule has 0 saturated heterocycles. The van der Waals surface area contributed by atoms with Gasteiger partial charge in [-0.15, -0.1) is 0 Å². The molecule has 2 aromatic carbocycles. The molecular weight excluding hydrogens is 284 g/mol. The van der Waals surface area contributed by atoms with Crippen LogP contribution in [0.1, 0.15) is 16.1 Å². The third-order valence-corrected chi connectivity index (χ3v) is 4.40. The van der Waals surface area contributed by atoms with E-state index in [1.54, 1.807) is 6.07 Å². The Hall–Kier alpha value is -2.20. The zero-order valence-corrected chi connectivity index (χ0v) is 12.1. The van der Waals surface area contributed by atoms with E-state index in [1.807, 2.05) is 54.6 Å². The van der Waals surface area contributed by atoms with Crippen LogP contribution in [0.25, 0.3) is 11.0 Å². The van der Waals surface area contributed by atoms with Gasteiger partial charge in [0.2, 0.25) is 5.78 Å². The molecule has 21 heavy (non-hydrogen) atoms. The van der Waals surface area contributed by atoms with E-state index in [9.17, 15) is 9.00 Å². The standard InChI is InChI=1S/C17H14O3S/c18-15(12-21(19)11-13-6-2-1-3-7-13)17-10-14-8-4-5-9-16(14)20-17/h1-10H,11-12H2. The Kier molecular flexibility index (Phi) is 3.97. The SMILES string of the molecule is O=C(CS(=O)Cc1ccccc1)c1cc2ccccc2o1. The number of ketones is 1. The molecule has 0 radical (unpaired) electrons. The minimum absolute atomic E-state index is 0.0191. The zero-order valence-electron chi connectivity index (χ0n) is 11.3. The first-order valence-electron chi connectivity index (χ1n) is 6.63. The first kappa shape index (κ1) is 13.8. The number of fused-ring (bicyclic) bond motifs is 1. The van der Waals surface area contributed by atoms with Gasteiger partial charge in [-0.25, -0.2) is 0 Å². The van der Waals surface area contributed by atoms with Crippen molar-refractivity contribution in [1.82, 2.24) is 0 Å². The number of carbonyl (C=O) groups excluding carboxylic acids is 1. The fraction of sp³-hybridized carbons (Fsp3) is 0.118. The lowest BCUT2D eigenvalue weighted by Gasteiger charge is -2.00. The van der Waals surface area contributed by atoms with E-state index in [2.05, 4.69) is 0 Å². The van der Waals surface area contributed by atoms with Crippen LogP contribution >= 0.6 is 0 Å². The van der Waals surface area contributed by atoms with E-state index in [1.165, 1.54) is 0 Å². The molecule has 0 saturated carbocycles. The van der Waals surface area contributed by atoms with Crippen LogP contribution in [0.4, 0.5) is 0 Å². The molecule has 3 aromatic rings. The van der Waals surface area contributed by atoms with Gasteiger partial charge in [0.15, 0.2) is 5.76 Å². The van der Waals surface area contributed by atoms with Gasteiger partial charge in [0.1, 0.15) is 5.58 Å². The number of furan rings is 1. The van der Waals surface area contributed by atoms with Crippen molar-refractivity contribution in [3.63, 3.8) is 0 Å². The van der Waals surface area contributed by atoms with Crippen molar-refractivity contribution in [3.05, 3.63) is 72.0 Å². The van der Waals surface area contributed by atoms with Crippen molar-refractivity contribution in [2.45, 2.75) is 5.75 Å². The highest BCUT2D eigenvalue weighted by Crippen LogP contribution is 2.19. The molecule has 4 heteroatoms. The topological polar surface area (TPSA) is 47.3 Å². The van der Waals surface area contributed by atoms with Crippen molar-refractivity contribution in [3.8, 4) is 0 Å². The summed E-state index contributed by atoms with van der Waals surface area (Å²) < 4.78 is 17.6. The van der Waals surface area contributed by atoms with E-state index >= 15 is 0 Å². The van der Waals surface area contributed by atoms with Crippen molar-refractivity contribution in [2.24, 2.45) is 0 Å². The van der Waals surface area contributed by atoms with E-state index in [0.29, 0.717) is 11.3 Å². The molecule has 0 bridgehead atoms. The van der Waals surface area contributed by atoms with Crippen LogP contribution in [0.5, 0.6) is 0 Å². The Bertz CT molecular complexity index is 757. The van der Waals surface area contributed by atoms with Gasteiger partial charge in [-0.3, -0.25) is 9.00 Å². The van der Waals surface area contributed by atoms with Crippen LogP contribution < -0.4 is 0 Å². The average molecular weight is 298 g/mol. The predicted octanol–water partition coefficient (Wildman–Crippen LogP) is 3.56. The van der Waals surface area contributed by atoms with Crippen molar-refractivity contribution in [2.75, 3.05) is 5.75 Å². The van der Waals surface area contributed by atoms with Crippen LogP contribution in [-0.2, 0) is 16.6 Å². The summed E-state index contributed by atoms with van der Waals surface area (Å²) in [5.41, 5.74) is 1.64. The lowest BCUT2D eigenvalue weighted by Crippen LogP contribution is -2.11. The number of rotatable bonds is 5. The molecular formula is C17H14O3S. The lowest BCUT2D eigenvalue weighted by molar-refractivity contribution is 0.0993. The summed E-state index contributed by atoms with van der Waals surface area (Å²) in [5.74, 6) is 0.416. The Balaban J connectivity index is 1.69. The summed E-state index contributed by atoms with van der Waals surface area (Å²) in [7, 11) is -1.23. The molecule has 0 spiro atoms. The van der Waals surface area contributed by atoms with Crippen LogP contribution in [0.2, 0.25) is 0 Å². The maximum atomic E-state index is 12.1. The quantitative estimate of drug-likeness (QED) is 0.677. The summed E-state index contributed by atoms with van der Waals surface area (Å²) in [6.07, 6.45) is 0. The minimum Gasteiger partial charge on any atom is -0.453 e. The molecule has 0 fully saturated rings. The molecule has 1 aromatic heterocycles. The Morgan fingerprint density at radius 3 is 2.48 bits per heavy atom. The van der Waals surface area contributed by atoms with Crippen molar-refractivity contribution in [1.29, 1.82) is 0 Å². The maximum Gasteiger partial charge on any atom is 0.210 e. The Morgan fingerprint density at radius 2 is 1.71 bits per heavy atom. The monoisotopic (exact) mass is 298 g/mol. The van der Waals surface area contributed by atoms with E-state index in [4.69, 9.17) is 4.42 Å². The smallest absolute Gasteiger partial charge is 0.210 e. The molecule has 0 aliphatic heterocycles. The summed E-state index contributed by atoms with van der Waals surface area (Å²) in [5, 5.41) is 0.884. The fourth-order valence-corrected chi connectivity index (χ4v) is 3.25. The highest BCUT2D eigenvalue weighted by atomic mass is 32.2.